The number of allylic oxidation sites excluding steroid dienone is 8. The molecule has 0 saturated heterocycles. The molecule has 220 valence electrons. The number of thiophene rings is 1. The molecule has 3 unspecified atom stereocenters. The fourth-order valence-corrected chi connectivity index (χ4v) is 9.94. The second kappa shape index (κ2) is 10.1. The third-order valence-corrected chi connectivity index (χ3v) is 12.1. The molecule has 0 fully saturated rings. The van der Waals surface area contributed by atoms with Crippen LogP contribution < -0.4 is 4.90 Å². The van der Waals surface area contributed by atoms with Crippen molar-refractivity contribution in [1.82, 2.24) is 4.57 Å². The largest absolute Gasteiger partial charge is 0.337 e. The van der Waals surface area contributed by atoms with Gasteiger partial charge in [-0.25, -0.2) is 0 Å². The average Bonchev–Trinajstić information content (AvgIpc) is 3.75. The molecule has 0 spiro atoms. The summed E-state index contributed by atoms with van der Waals surface area (Å²) in [6, 6.07) is 24.2. The van der Waals surface area contributed by atoms with E-state index in [2.05, 4.69) is 125 Å². The molecular formula is C42H36N2S. The first kappa shape index (κ1) is 25.9. The van der Waals surface area contributed by atoms with Gasteiger partial charge in [-0.1, -0.05) is 72.9 Å². The van der Waals surface area contributed by atoms with Crippen molar-refractivity contribution in [3.63, 3.8) is 0 Å². The van der Waals surface area contributed by atoms with E-state index in [1.54, 1.807) is 5.56 Å². The maximum atomic E-state index is 2.66. The van der Waals surface area contributed by atoms with Gasteiger partial charge in [0.25, 0.3) is 0 Å². The Morgan fingerprint density at radius 3 is 2.64 bits per heavy atom. The van der Waals surface area contributed by atoms with Gasteiger partial charge in [-0.2, -0.15) is 0 Å². The van der Waals surface area contributed by atoms with Crippen molar-refractivity contribution in [2.45, 2.75) is 57.0 Å². The van der Waals surface area contributed by atoms with E-state index in [9.17, 15) is 0 Å². The molecule has 10 rings (SSSR count). The lowest BCUT2D eigenvalue weighted by atomic mass is 9.84. The zero-order chi connectivity index (χ0) is 29.5. The second-order valence-corrected chi connectivity index (χ2v) is 14.4. The molecule has 2 nitrogen and oxygen atoms in total. The maximum absolute atomic E-state index is 2.66. The summed E-state index contributed by atoms with van der Waals surface area (Å²) in [6.45, 7) is 0. The highest BCUT2D eigenvalue weighted by Gasteiger charge is 2.40. The van der Waals surface area contributed by atoms with Gasteiger partial charge in [-0.15, -0.1) is 11.3 Å². The van der Waals surface area contributed by atoms with Crippen LogP contribution >= 0.6 is 11.3 Å². The van der Waals surface area contributed by atoms with E-state index in [-0.39, 0.29) is 0 Å². The summed E-state index contributed by atoms with van der Waals surface area (Å²) >= 11 is 1.90. The summed E-state index contributed by atoms with van der Waals surface area (Å²) in [5.74, 6) is 0.385. The van der Waals surface area contributed by atoms with E-state index in [4.69, 9.17) is 0 Å². The standard InChI is InChI=1S/C42H36N2S/c1-2-10-29(11-3-1)43-37-15-7-4-12-31(37)34-24-27(18-21-39(34)43)28-19-22-40-35(25-28)32-13-5-8-16-38(32)44(40)30-20-23-42-36(26-30)33-14-6-9-17-41(33)45-42/h2,5-10,13-18,20-21,23-26,29,32,38H,1,3-4,11-12,19,22H2. The SMILES string of the molecule is C1=CC2C3=C(CCC(c4ccc5c(c4)c4c(n5C5C=CCCC5)C=CCC4)=C3)N(c3ccc4sc5ccccc5c4c3)C2C=C1. The van der Waals surface area contributed by atoms with E-state index in [0.29, 0.717) is 18.0 Å². The minimum absolute atomic E-state index is 0.330. The zero-order valence-corrected chi connectivity index (χ0v) is 26.3. The first-order valence-corrected chi connectivity index (χ1v) is 17.6. The Kier molecular flexibility index (Phi) is 5.81. The van der Waals surface area contributed by atoms with Crippen LogP contribution in [0.5, 0.6) is 0 Å². The number of anilines is 1. The Hall–Kier alpha value is -4.34. The van der Waals surface area contributed by atoms with E-state index < -0.39 is 0 Å². The predicted octanol–water partition coefficient (Wildman–Crippen LogP) is 11.3. The van der Waals surface area contributed by atoms with Crippen LogP contribution in [0, 0.1) is 5.92 Å². The van der Waals surface area contributed by atoms with Crippen LogP contribution in [0.25, 0.3) is 42.7 Å². The Labute approximate surface area is 268 Å². The number of hydrogen-bond acceptors (Lipinski definition) is 2. The summed E-state index contributed by atoms with van der Waals surface area (Å²) in [5, 5.41) is 4.22. The van der Waals surface area contributed by atoms with Crippen LogP contribution in [0.4, 0.5) is 5.69 Å². The van der Waals surface area contributed by atoms with Crippen LogP contribution in [0.3, 0.4) is 0 Å². The fraction of sp³-hybridized carbons (Fsp3) is 0.238. The molecule has 5 aromatic rings. The highest BCUT2D eigenvalue weighted by Crippen LogP contribution is 2.49. The van der Waals surface area contributed by atoms with Crippen LogP contribution in [0.15, 0.2) is 121 Å². The molecule has 3 atom stereocenters. The van der Waals surface area contributed by atoms with Crippen molar-refractivity contribution in [2.75, 3.05) is 4.90 Å². The third-order valence-electron chi connectivity index (χ3n) is 10.9. The quantitative estimate of drug-likeness (QED) is 0.187. The minimum atomic E-state index is 0.330. The Morgan fingerprint density at radius 1 is 0.756 bits per heavy atom. The van der Waals surface area contributed by atoms with Gasteiger partial charge in [0.1, 0.15) is 0 Å². The fourth-order valence-electron chi connectivity index (χ4n) is 8.85. The predicted molar refractivity (Wildman–Crippen MR) is 193 cm³/mol. The van der Waals surface area contributed by atoms with Gasteiger partial charge in [-0.05, 0) is 110 Å². The molecular weight excluding hydrogens is 565 g/mol. The van der Waals surface area contributed by atoms with E-state index in [1.165, 1.54) is 84.1 Å². The number of aromatic nitrogens is 1. The van der Waals surface area contributed by atoms with E-state index in [0.717, 1.165) is 25.7 Å². The Balaban J connectivity index is 1.08. The second-order valence-electron chi connectivity index (χ2n) is 13.3. The molecule has 3 aromatic carbocycles. The van der Waals surface area contributed by atoms with Crippen molar-refractivity contribution < 1.29 is 0 Å². The smallest absolute Gasteiger partial charge is 0.0626 e. The third kappa shape index (κ3) is 3.93. The molecule has 1 aliphatic heterocycles. The monoisotopic (exact) mass is 600 g/mol. The van der Waals surface area contributed by atoms with Crippen molar-refractivity contribution in [1.29, 1.82) is 0 Å². The number of benzene rings is 3. The van der Waals surface area contributed by atoms with E-state index in [1.807, 2.05) is 11.3 Å². The first-order chi connectivity index (χ1) is 22.3. The highest BCUT2D eigenvalue weighted by molar-refractivity contribution is 7.25. The van der Waals surface area contributed by atoms with E-state index >= 15 is 0 Å². The lowest BCUT2D eigenvalue weighted by molar-refractivity contribution is 0.527. The van der Waals surface area contributed by atoms with Gasteiger partial charge < -0.3 is 9.47 Å². The Morgan fingerprint density at radius 2 is 1.69 bits per heavy atom. The molecule has 0 bridgehead atoms. The first-order valence-electron chi connectivity index (χ1n) is 16.8. The van der Waals surface area contributed by atoms with Crippen LogP contribution in [0.1, 0.15) is 61.4 Å². The van der Waals surface area contributed by atoms with Crippen LogP contribution in [0.2, 0.25) is 0 Å². The Bertz CT molecular complexity index is 2230. The summed E-state index contributed by atoms with van der Waals surface area (Å²) in [5.41, 5.74) is 11.6. The van der Waals surface area contributed by atoms with Gasteiger partial charge in [0.15, 0.2) is 0 Å². The molecule has 0 N–H and O–H groups in total. The topological polar surface area (TPSA) is 8.17 Å². The summed E-state index contributed by atoms with van der Waals surface area (Å²) in [4.78, 5) is 2.66. The number of hydrogen-bond donors (Lipinski definition) is 0. The van der Waals surface area contributed by atoms with Crippen molar-refractivity contribution in [3.8, 4) is 0 Å². The van der Waals surface area contributed by atoms with Crippen LogP contribution in [-0.4, -0.2) is 10.6 Å². The van der Waals surface area contributed by atoms with Gasteiger partial charge in [-0.3, -0.25) is 0 Å². The van der Waals surface area contributed by atoms with Crippen molar-refractivity contribution in [2.24, 2.45) is 5.92 Å². The molecule has 3 heterocycles. The lowest BCUT2D eigenvalue weighted by Crippen LogP contribution is -2.32. The zero-order valence-electron chi connectivity index (χ0n) is 25.5. The molecule has 0 saturated carbocycles. The molecule has 4 aliphatic carbocycles. The van der Waals surface area contributed by atoms with Crippen LogP contribution in [-0.2, 0) is 6.42 Å². The number of fused-ring (bicyclic) bond motifs is 8. The normalized spacial score (nSPS) is 23.7. The van der Waals surface area contributed by atoms with Gasteiger partial charge in [0.05, 0.1) is 12.1 Å². The molecule has 5 aliphatic rings. The minimum Gasteiger partial charge on any atom is -0.337 e. The van der Waals surface area contributed by atoms with Gasteiger partial charge in [0, 0.05) is 54.1 Å². The highest BCUT2D eigenvalue weighted by atomic mass is 32.1. The average molecular weight is 601 g/mol. The number of aryl methyl sites for hydroxylation is 1. The molecule has 45 heavy (non-hydrogen) atoms. The van der Waals surface area contributed by atoms with Gasteiger partial charge in [0.2, 0.25) is 0 Å². The summed E-state index contributed by atoms with van der Waals surface area (Å²) in [6.07, 6.45) is 29.7. The molecule has 0 amide bonds. The molecule has 2 aromatic heterocycles. The van der Waals surface area contributed by atoms with Crippen molar-refractivity contribution >= 4 is 59.7 Å². The molecule has 0 radical (unpaired) electrons. The van der Waals surface area contributed by atoms with Gasteiger partial charge >= 0.3 is 0 Å². The van der Waals surface area contributed by atoms with Crippen molar-refractivity contribution in [3.05, 3.63) is 137 Å². The molecule has 3 heteroatoms. The summed E-state index contributed by atoms with van der Waals surface area (Å²) < 4.78 is 5.38. The lowest BCUT2D eigenvalue weighted by Gasteiger charge is -2.31. The maximum Gasteiger partial charge on any atom is 0.0626 e. The summed E-state index contributed by atoms with van der Waals surface area (Å²) in [7, 11) is 0. The number of nitrogens with zero attached hydrogens (tertiary/aromatic N) is 2. The number of rotatable bonds is 3.